The van der Waals surface area contributed by atoms with Gasteiger partial charge in [0.05, 0.1) is 18.2 Å². The van der Waals surface area contributed by atoms with Crippen LogP contribution in [0.1, 0.15) is 12.1 Å². The average molecular weight is 406 g/mol. The molecule has 0 spiro atoms. The number of aromatic nitrogens is 1. The summed E-state index contributed by atoms with van der Waals surface area (Å²) in [6.45, 7) is 0.700. The normalized spacial score (nSPS) is 16.1. The van der Waals surface area contributed by atoms with Crippen LogP contribution in [0.15, 0.2) is 79.0 Å². The Labute approximate surface area is 174 Å². The largest absolute Gasteiger partial charge is 0.312 e. The van der Waals surface area contributed by atoms with Crippen LogP contribution in [-0.2, 0) is 16.1 Å². The fraction of sp³-hybridized carbons (Fsp3) is 0.174. The Morgan fingerprint density at radius 3 is 2.45 bits per heavy atom. The van der Waals surface area contributed by atoms with Gasteiger partial charge in [-0.25, -0.2) is 0 Å². The number of hydrogen-bond donors (Lipinski definition) is 0. The number of carbonyl (C=O) groups is 2. The van der Waals surface area contributed by atoms with E-state index in [0.29, 0.717) is 18.1 Å². The Bertz CT molecular complexity index is 994. The van der Waals surface area contributed by atoms with Crippen molar-refractivity contribution in [3.05, 3.63) is 89.7 Å². The third-order valence-corrected chi connectivity index (χ3v) is 5.24. The summed E-state index contributed by atoms with van der Waals surface area (Å²) < 4.78 is 0. The van der Waals surface area contributed by atoms with Crippen molar-refractivity contribution in [3.63, 3.8) is 0 Å². The van der Waals surface area contributed by atoms with Crippen LogP contribution in [0.5, 0.6) is 0 Å². The van der Waals surface area contributed by atoms with Gasteiger partial charge in [-0.1, -0.05) is 35.9 Å². The molecule has 3 aromatic rings. The molecule has 1 aliphatic heterocycles. The summed E-state index contributed by atoms with van der Waals surface area (Å²) in [5, 5.41) is 0.602. The van der Waals surface area contributed by atoms with Gasteiger partial charge in [-0.2, -0.15) is 0 Å². The monoisotopic (exact) mass is 405 g/mol. The van der Waals surface area contributed by atoms with Crippen LogP contribution < -0.4 is 9.80 Å². The number of benzene rings is 2. The highest BCUT2D eigenvalue weighted by atomic mass is 35.5. The number of hydrogen-bond acceptors (Lipinski definition) is 3. The number of pyridine rings is 1. The van der Waals surface area contributed by atoms with Crippen molar-refractivity contribution in [1.82, 2.24) is 4.98 Å². The molecule has 2 amide bonds. The molecule has 146 valence electrons. The minimum absolute atomic E-state index is 0.0385. The van der Waals surface area contributed by atoms with E-state index in [4.69, 9.17) is 11.6 Å². The molecule has 1 aliphatic rings. The first kappa shape index (κ1) is 19.2. The summed E-state index contributed by atoms with van der Waals surface area (Å²) >= 11 is 6.02. The zero-order valence-electron chi connectivity index (χ0n) is 15.7. The summed E-state index contributed by atoms with van der Waals surface area (Å²) in [5.41, 5.74) is 2.33. The number of halogens is 1. The van der Waals surface area contributed by atoms with Crippen molar-refractivity contribution >= 4 is 34.8 Å². The number of rotatable bonds is 5. The predicted octanol–water partition coefficient (Wildman–Crippen LogP) is 4.32. The molecule has 0 N–H and O–H groups in total. The van der Waals surface area contributed by atoms with Crippen LogP contribution in [0, 0.1) is 5.92 Å². The Kier molecular flexibility index (Phi) is 5.58. The molecule has 6 heteroatoms. The van der Waals surface area contributed by atoms with Gasteiger partial charge in [0.15, 0.2) is 0 Å². The van der Waals surface area contributed by atoms with E-state index in [1.54, 1.807) is 28.1 Å². The van der Waals surface area contributed by atoms with Crippen LogP contribution >= 0.6 is 11.6 Å². The number of nitrogens with zero attached hydrogens (tertiary/aromatic N) is 3. The second-order valence-corrected chi connectivity index (χ2v) is 7.40. The van der Waals surface area contributed by atoms with Crippen molar-refractivity contribution < 1.29 is 9.59 Å². The van der Waals surface area contributed by atoms with E-state index in [9.17, 15) is 9.59 Å². The minimum Gasteiger partial charge on any atom is -0.312 e. The van der Waals surface area contributed by atoms with E-state index >= 15 is 0 Å². The first-order valence-corrected chi connectivity index (χ1v) is 9.82. The second-order valence-electron chi connectivity index (χ2n) is 6.96. The minimum atomic E-state index is -0.415. The molecule has 1 aromatic heterocycles. The van der Waals surface area contributed by atoms with Crippen molar-refractivity contribution in [2.45, 2.75) is 13.0 Å². The summed E-state index contributed by atoms with van der Waals surface area (Å²) in [4.78, 5) is 33.7. The SMILES string of the molecule is O=C1CC(C(=O)N(Cc2ccccn2)c2ccc(Cl)cc2)CN1c1ccccc1. The molecule has 2 heterocycles. The first-order valence-electron chi connectivity index (χ1n) is 9.44. The van der Waals surface area contributed by atoms with E-state index in [0.717, 1.165) is 17.1 Å². The van der Waals surface area contributed by atoms with Crippen molar-refractivity contribution in [3.8, 4) is 0 Å². The maximum atomic E-state index is 13.4. The average Bonchev–Trinajstić information content (AvgIpc) is 3.15. The molecule has 4 rings (SSSR count). The van der Waals surface area contributed by atoms with Gasteiger partial charge in [-0.05, 0) is 48.5 Å². The highest BCUT2D eigenvalue weighted by Gasteiger charge is 2.37. The highest BCUT2D eigenvalue weighted by Crippen LogP contribution is 2.29. The van der Waals surface area contributed by atoms with Gasteiger partial charge >= 0.3 is 0 Å². The van der Waals surface area contributed by atoms with Gasteiger partial charge in [-0.15, -0.1) is 0 Å². The van der Waals surface area contributed by atoms with Gasteiger partial charge < -0.3 is 9.80 Å². The fourth-order valence-corrected chi connectivity index (χ4v) is 3.65. The molecule has 0 saturated carbocycles. The molecule has 0 aliphatic carbocycles. The van der Waals surface area contributed by atoms with Gasteiger partial charge in [0, 0.05) is 35.6 Å². The van der Waals surface area contributed by atoms with Crippen molar-refractivity contribution in [2.75, 3.05) is 16.3 Å². The number of anilines is 2. The Morgan fingerprint density at radius 1 is 1.03 bits per heavy atom. The molecule has 2 aromatic carbocycles. The Morgan fingerprint density at radius 2 is 1.76 bits per heavy atom. The lowest BCUT2D eigenvalue weighted by molar-refractivity contribution is -0.124. The van der Waals surface area contributed by atoms with Gasteiger partial charge in [0.1, 0.15) is 0 Å². The summed E-state index contributed by atoms with van der Waals surface area (Å²) in [5.74, 6) is -0.546. The van der Waals surface area contributed by atoms with Gasteiger partial charge in [0.25, 0.3) is 0 Å². The molecular weight excluding hydrogens is 386 g/mol. The molecule has 1 saturated heterocycles. The molecule has 1 unspecified atom stereocenters. The smallest absolute Gasteiger partial charge is 0.232 e. The van der Waals surface area contributed by atoms with Crippen LogP contribution in [0.25, 0.3) is 0 Å². The van der Waals surface area contributed by atoms with E-state index < -0.39 is 5.92 Å². The van der Waals surface area contributed by atoms with E-state index in [1.807, 2.05) is 60.7 Å². The van der Waals surface area contributed by atoms with Crippen LogP contribution in [-0.4, -0.2) is 23.3 Å². The molecule has 29 heavy (non-hydrogen) atoms. The third kappa shape index (κ3) is 4.30. The van der Waals surface area contributed by atoms with E-state index in [2.05, 4.69) is 4.98 Å². The second kappa shape index (κ2) is 8.45. The molecular formula is C23H20ClN3O2. The van der Waals surface area contributed by atoms with E-state index in [-0.39, 0.29) is 18.2 Å². The number of amides is 2. The van der Waals surface area contributed by atoms with Gasteiger partial charge in [-0.3, -0.25) is 14.6 Å². The highest BCUT2D eigenvalue weighted by molar-refractivity contribution is 6.30. The Hall–Kier alpha value is -3.18. The maximum absolute atomic E-state index is 13.4. The molecule has 5 nitrogen and oxygen atoms in total. The fourth-order valence-electron chi connectivity index (χ4n) is 3.52. The van der Waals surface area contributed by atoms with E-state index in [1.165, 1.54) is 0 Å². The summed E-state index contributed by atoms with van der Waals surface area (Å²) in [6.07, 6.45) is 1.90. The van der Waals surface area contributed by atoms with Crippen LogP contribution in [0.3, 0.4) is 0 Å². The van der Waals surface area contributed by atoms with Gasteiger partial charge in [0.2, 0.25) is 11.8 Å². The Balaban J connectivity index is 1.59. The van der Waals surface area contributed by atoms with Crippen LogP contribution in [0.4, 0.5) is 11.4 Å². The number of para-hydroxylation sites is 1. The lowest BCUT2D eigenvalue weighted by Gasteiger charge is -2.25. The summed E-state index contributed by atoms with van der Waals surface area (Å²) in [6, 6.07) is 22.2. The molecule has 0 bridgehead atoms. The zero-order chi connectivity index (χ0) is 20.2. The van der Waals surface area contributed by atoms with Crippen molar-refractivity contribution in [1.29, 1.82) is 0 Å². The number of carbonyl (C=O) groups excluding carboxylic acids is 2. The zero-order valence-corrected chi connectivity index (χ0v) is 16.5. The lowest BCUT2D eigenvalue weighted by atomic mass is 10.1. The topological polar surface area (TPSA) is 53.5 Å². The lowest BCUT2D eigenvalue weighted by Crippen LogP contribution is -2.37. The third-order valence-electron chi connectivity index (χ3n) is 4.99. The molecule has 1 fully saturated rings. The van der Waals surface area contributed by atoms with Crippen LogP contribution in [0.2, 0.25) is 5.02 Å². The quantitative estimate of drug-likeness (QED) is 0.635. The molecule has 1 atom stereocenters. The predicted molar refractivity (Wildman–Crippen MR) is 114 cm³/mol. The first-order chi connectivity index (χ1) is 14.1. The van der Waals surface area contributed by atoms with Crippen molar-refractivity contribution in [2.24, 2.45) is 5.92 Å². The maximum Gasteiger partial charge on any atom is 0.232 e. The standard InChI is InChI=1S/C23H20ClN3O2/c24-18-9-11-21(12-10-18)27(16-19-6-4-5-13-25-19)23(29)17-14-22(28)26(15-17)20-7-2-1-3-8-20/h1-13,17H,14-16H2. The summed E-state index contributed by atoms with van der Waals surface area (Å²) in [7, 11) is 0. The molecule has 0 radical (unpaired) electrons.